The van der Waals surface area contributed by atoms with Crippen LogP contribution in [0.5, 0.6) is 11.5 Å². The van der Waals surface area contributed by atoms with Gasteiger partial charge in [0.2, 0.25) is 0 Å². The van der Waals surface area contributed by atoms with Crippen molar-refractivity contribution in [2.75, 3.05) is 6.61 Å². The summed E-state index contributed by atoms with van der Waals surface area (Å²) in [5.41, 5.74) is 0.589. The van der Waals surface area contributed by atoms with Crippen molar-refractivity contribution in [1.82, 2.24) is 4.98 Å². The second kappa shape index (κ2) is 4.64. The molecule has 0 bridgehead atoms. The fourth-order valence-corrected chi connectivity index (χ4v) is 1.03. The SMILES string of the molecule is CCOc1cnc(CC)c(OF)c1. The van der Waals surface area contributed by atoms with Gasteiger partial charge >= 0.3 is 0 Å². The summed E-state index contributed by atoms with van der Waals surface area (Å²) in [6.45, 7) is 4.26. The summed E-state index contributed by atoms with van der Waals surface area (Å²) >= 11 is 0. The molecule has 1 aromatic heterocycles. The number of halogens is 1. The summed E-state index contributed by atoms with van der Waals surface area (Å²) in [5.74, 6) is 0.654. The number of aromatic nitrogens is 1. The maximum atomic E-state index is 12.0. The van der Waals surface area contributed by atoms with E-state index in [0.717, 1.165) is 0 Å². The minimum atomic E-state index is 0.133. The number of ether oxygens (including phenoxy) is 1. The Labute approximate surface area is 76.4 Å². The molecule has 72 valence electrons. The average molecular weight is 185 g/mol. The Morgan fingerprint density at radius 1 is 1.46 bits per heavy atom. The van der Waals surface area contributed by atoms with Gasteiger partial charge in [-0.3, -0.25) is 9.93 Å². The molecule has 0 saturated carbocycles. The molecule has 3 nitrogen and oxygen atoms in total. The Kier molecular flexibility index (Phi) is 3.49. The molecule has 13 heavy (non-hydrogen) atoms. The lowest BCUT2D eigenvalue weighted by Gasteiger charge is -2.05. The highest BCUT2D eigenvalue weighted by atomic mass is 19.3. The molecular weight excluding hydrogens is 173 g/mol. The molecule has 0 radical (unpaired) electrons. The van der Waals surface area contributed by atoms with Crippen LogP contribution in [0.15, 0.2) is 12.3 Å². The van der Waals surface area contributed by atoms with Gasteiger partial charge in [-0.05, 0) is 13.3 Å². The molecule has 0 spiro atoms. The Morgan fingerprint density at radius 2 is 2.23 bits per heavy atom. The van der Waals surface area contributed by atoms with E-state index in [0.29, 0.717) is 24.5 Å². The molecule has 0 atom stereocenters. The van der Waals surface area contributed by atoms with Crippen molar-refractivity contribution in [2.24, 2.45) is 0 Å². The predicted octanol–water partition coefficient (Wildman–Crippen LogP) is 2.31. The molecule has 1 aromatic rings. The summed E-state index contributed by atoms with van der Waals surface area (Å²) < 4.78 is 17.1. The Morgan fingerprint density at radius 3 is 2.77 bits per heavy atom. The first kappa shape index (κ1) is 9.77. The second-order valence-corrected chi connectivity index (χ2v) is 2.48. The third-order valence-electron chi connectivity index (χ3n) is 1.63. The molecular formula is C9H12FNO2. The van der Waals surface area contributed by atoms with E-state index in [1.54, 1.807) is 6.20 Å². The predicted molar refractivity (Wildman–Crippen MR) is 46.5 cm³/mol. The van der Waals surface area contributed by atoms with Crippen molar-refractivity contribution < 1.29 is 14.2 Å². The summed E-state index contributed by atoms with van der Waals surface area (Å²) in [6.07, 6.45) is 2.19. The summed E-state index contributed by atoms with van der Waals surface area (Å²) in [6, 6.07) is 1.50. The van der Waals surface area contributed by atoms with E-state index in [9.17, 15) is 4.53 Å². The zero-order valence-electron chi connectivity index (χ0n) is 7.71. The maximum absolute atomic E-state index is 12.0. The van der Waals surface area contributed by atoms with Gasteiger partial charge in [-0.1, -0.05) is 6.92 Å². The van der Waals surface area contributed by atoms with Gasteiger partial charge in [-0.15, -0.1) is 0 Å². The van der Waals surface area contributed by atoms with E-state index in [-0.39, 0.29) is 5.75 Å². The topological polar surface area (TPSA) is 31.4 Å². The number of hydrogen-bond acceptors (Lipinski definition) is 3. The zero-order valence-corrected chi connectivity index (χ0v) is 7.71. The van der Waals surface area contributed by atoms with Crippen LogP contribution in [0, 0.1) is 0 Å². The van der Waals surface area contributed by atoms with E-state index >= 15 is 0 Å². The van der Waals surface area contributed by atoms with E-state index in [2.05, 4.69) is 9.93 Å². The van der Waals surface area contributed by atoms with E-state index in [4.69, 9.17) is 4.74 Å². The van der Waals surface area contributed by atoms with Gasteiger partial charge in [0.05, 0.1) is 18.5 Å². The van der Waals surface area contributed by atoms with Gasteiger partial charge in [-0.2, -0.15) is 0 Å². The zero-order chi connectivity index (χ0) is 9.68. The van der Waals surface area contributed by atoms with Crippen LogP contribution >= 0.6 is 0 Å². The first-order valence-corrected chi connectivity index (χ1v) is 4.22. The Bertz CT molecular complexity index is 278. The van der Waals surface area contributed by atoms with Gasteiger partial charge in [0.25, 0.3) is 0 Å². The van der Waals surface area contributed by atoms with Crippen LogP contribution in [-0.2, 0) is 6.42 Å². The van der Waals surface area contributed by atoms with E-state index < -0.39 is 0 Å². The number of hydrogen-bond donors (Lipinski definition) is 0. The van der Waals surface area contributed by atoms with Crippen LogP contribution in [0.1, 0.15) is 19.5 Å². The van der Waals surface area contributed by atoms with Crippen LogP contribution in [0.3, 0.4) is 0 Å². The molecule has 0 aliphatic carbocycles. The van der Waals surface area contributed by atoms with Crippen LogP contribution < -0.4 is 9.68 Å². The lowest BCUT2D eigenvalue weighted by atomic mass is 10.2. The summed E-state index contributed by atoms with van der Waals surface area (Å²) in [5, 5.41) is 0. The maximum Gasteiger partial charge on any atom is 0.196 e. The highest BCUT2D eigenvalue weighted by molar-refractivity contribution is 5.34. The molecule has 0 saturated heterocycles. The molecule has 0 N–H and O–H groups in total. The van der Waals surface area contributed by atoms with Crippen molar-refractivity contribution >= 4 is 0 Å². The summed E-state index contributed by atoms with van der Waals surface area (Å²) in [4.78, 5) is 7.68. The molecule has 1 rings (SSSR count). The van der Waals surface area contributed by atoms with Gasteiger partial charge in [0, 0.05) is 10.6 Å². The molecule has 0 unspecified atom stereocenters. The molecule has 1 heterocycles. The van der Waals surface area contributed by atoms with Gasteiger partial charge in [0.1, 0.15) is 5.75 Å². The van der Waals surface area contributed by atoms with Crippen LogP contribution in [-0.4, -0.2) is 11.6 Å². The quantitative estimate of drug-likeness (QED) is 0.721. The number of pyridine rings is 1. The first-order chi connectivity index (χ1) is 6.31. The fourth-order valence-electron chi connectivity index (χ4n) is 1.03. The Balaban J connectivity index is 2.91. The smallest absolute Gasteiger partial charge is 0.196 e. The van der Waals surface area contributed by atoms with Crippen LogP contribution in [0.2, 0.25) is 0 Å². The molecule has 0 amide bonds. The summed E-state index contributed by atoms with van der Waals surface area (Å²) in [7, 11) is 0. The van der Waals surface area contributed by atoms with E-state index in [1.165, 1.54) is 6.07 Å². The van der Waals surface area contributed by atoms with Crippen LogP contribution in [0.25, 0.3) is 0 Å². The lowest BCUT2D eigenvalue weighted by molar-refractivity contribution is -0.00809. The molecule has 0 aliphatic rings. The normalized spacial score (nSPS) is 9.77. The van der Waals surface area contributed by atoms with Crippen molar-refractivity contribution in [1.29, 1.82) is 0 Å². The van der Waals surface area contributed by atoms with Crippen molar-refractivity contribution in [3.63, 3.8) is 0 Å². The molecule has 0 fully saturated rings. The number of nitrogens with zero attached hydrogens (tertiary/aromatic N) is 1. The molecule has 4 heteroatoms. The van der Waals surface area contributed by atoms with Crippen molar-refractivity contribution in [2.45, 2.75) is 20.3 Å². The monoisotopic (exact) mass is 185 g/mol. The standard InChI is InChI=1S/C9H12FNO2/c1-3-8-9(13-10)5-7(6-11-8)12-4-2/h5-6H,3-4H2,1-2H3. The van der Waals surface area contributed by atoms with Crippen molar-refractivity contribution in [3.8, 4) is 11.5 Å². The second-order valence-electron chi connectivity index (χ2n) is 2.48. The third-order valence-corrected chi connectivity index (χ3v) is 1.63. The molecule has 0 aliphatic heterocycles. The minimum Gasteiger partial charge on any atom is -0.492 e. The van der Waals surface area contributed by atoms with Crippen molar-refractivity contribution in [3.05, 3.63) is 18.0 Å². The minimum absolute atomic E-state index is 0.133. The van der Waals surface area contributed by atoms with Gasteiger partial charge in [0.15, 0.2) is 5.75 Å². The molecule has 0 aromatic carbocycles. The third kappa shape index (κ3) is 2.31. The number of rotatable bonds is 4. The average Bonchev–Trinajstić information content (AvgIpc) is 2.18. The Hall–Kier alpha value is -1.32. The highest BCUT2D eigenvalue weighted by Crippen LogP contribution is 2.23. The number of aryl methyl sites for hydroxylation is 1. The van der Waals surface area contributed by atoms with Gasteiger partial charge < -0.3 is 4.74 Å². The largest absolute Gasteiger partial charge is 0.492 e. The van der Waals surface area contributed by atoms with Gasteiger partial charge in [-0.25, -0.2) is 0 Å². The highest BCUT2D eigenvalue weighted by Gasteiger charge is 2.06. The van der Waals surface area contributed by atoms with Crippen LogP contribution in [0.4, 0.5) is 4.53 Å². The first-order valence-electron chi connectivity index (χ1n) is 4.22. The lowest BCUT2D eigenvalue weighted by Crippen LogP contribution is -1.96. The van der Waals surface area contributed by atoms with E-state index in [1.807, 2.05) is 13.8 Å². The fraction of sp³-hybridized carbons (Fsp3) is 0.444.